The summed E-state index contributed by atoms with van der Waals surface area (Å²) in [5.74, 6) is 1.41. The highest BCUT2D eigenvalue weighted by Crippen LogP contribution is 2.37. The van der Waals surface area contributed by atoms with Crippen LogP contribution < -0.4 is 0 Å². The molecule has 0 saturated heterocycles. The SMILES string of the molecule is CC(C)(C)N(C(=O)O)[C@H]1CC[C@H](c2nnc(-c3ccccc3)o2)CC1. The fourth-order valence-corrected chi connectivity index (χ4v) is 3.67. The van der Waals surface area contributed by atoms with Crippen molar-refractivity contribution in [3.8, 4) is 11.5 Å². The summed E-state index contributed by atoms with van der Waals surface area (Å²) < 4.78 is 5.87. The van der Waals surface area contributed by atoms with Crippen molar-refractivity contribution in [3.05, 3.63) is 36.2 Å². The quantitative estimate of drug-likeness (QED) is 0.885. The molecule has 1 aliphatic carbocycles. The van der Waals surface area contributed by atoms with Crippen molar-refractivity contribution in [2.45, 2.75) is 64.0 Å². The van der Waals surface area contributed by atoms with Gasteiger partial charge in [-0.15, -0.1) is 10.2 Å². The molecule has 0 spiro atoms. The van der Waals surface area contributed by atoms with Crippen LogP contribution in [0.5, 0.6) is 0 Å². The first kappa shape index (κ1) is 17.5. The molecule has 1 heterocycles. The lowest BCUT2D eigenvalue weighted by molar-refractivity contribution is 0.0536. The van der Waals surface area contributed by atoms with Crippen molar-refractivity contribution in [2.75, 3.05) is 0 Å². The number of rotatable bonds is 3. The van der Waals surface area contributed by atoms with Gasteiger partial charge in [-0.1, -0.05) is 18.2 Å². The minimum atomic E-state index is -0.847. The van der Waals surface area contributed by atoms with E-state index in [0.29, 0.717) is 11.8 Å². The van der Waals surface area contributed by atoms with E-state index in [4.69, 9.17) is 4.42 Å². The second-order valence-electron chi connectivity index (χ2n) is 7.64. The van der Waals surface area contributed by atoms with Crippen molar-refractivity contribution in [3.63, 3.8) is 0 Å². The molecule has 6 nitrogen and oxygen atoms in total. The van der Waals surface area contributed by atoms with Gasteiger partial charge >= 0.3 is 6.09 Å². The highest BCUT2D eigenvalue weighted by Gasteiger charge is 2.36. The Labute approximate surface area is 147 Å². The summed E-state index contributed by atoms with van der Waals surface area (Å²) in [6.45, 7) is 5.83. The lowest BCUT2D eigenvalue weighted by atomic mass is 9.84. The van der Waals surface area contributed by atoms with Gasteiger partial charge in [0.25, 0.3) is 0 Å². The molecule has 0 aliphatic heterocycles. The first-order chi connectivity index (χ1) is 11.9. The summed E-state index contributed by atoms with van der Waals surface area (Å²) in [5.41, 5.74) is 0.522. The summed E-state index contributed by atoms with van der Waals surface area (Å²) in [6.07, 6.45) is 2.51. The van der Waals surface area contributed by atoms with Crippen molar-refractivity contribution < 1.29 is 14.3 Å². The summed E-state index contributed by atoms with van der Waals surface area (Å²) in [6, 6.07) is 9.77. The largest absolute Gasteiger partial charge is 0.465 e. The number of amides is 1. The molecule has 1 aromatic carbocycles. The second kappa shape index (κ2) is 6.86. The van der Waals surface area contributed by atoms with Crippen molar-refractivity contribution >= 4 is 6.09 Å². The van der Waals surface area contributed by atoms with E-state index in [0.717, 1.165) is 31.2 Å². The van der Waals surface area contributed by atoms with E-state index in [9.17, 15) is 9.90 Å². The van der Waals surface area contributed by atoms with Gasteiger partial charge in [-0.3, -0.25) is 0 Å². The van der Waals surface area contributed by atoms with E-state index < -0.39 is 11.6 Å². The number of carbonyl (C=O) groups is 1. The summed E-state index contributed by atoms with van der Waals surface area (Å²) in [7, 11) is 0. The summed E-state index contributed by atoms with van der Waals surface area (Å²) in [4.78, 5) is 13.2. The van der Waals surface area contributed by atoms with Crippen molar-refractivity contribution in [1.29, 1.82) is 0 Å². The standard InChI is InChI=1S/C19H25N3O3/c1-19(2,3)22(18(23)24)15-11-9-14(10-12-15)17-21-20-16(25-17)13-7-5-4-6-8-13/h4-8,14-15H,9-12H2,1-3H3,(H,23,24)/t14-,15-. The molecule has 1 amide bonds. The zero-order valence-corrected chi connectivity index (χ0v) is 15.0. The molecule has 1 N–H and O–H groups in total. The van der Waals surface area contributed by atoms with Gasteiger partial charge in [0.15, 0.2) is 0 Å². The molecule has 3 rings (SSSR count). The Balaban J connectivity index is 1.67. The lowest BCUT2D eigenvalue weighted by Gasteiger charge is -2.42. The molecule has 1 aliphatic rings. The van der Waals surface area contributed by atoms with E-state index in [-0.39, 0.29) is 12.0 Å². The Hall–Kier alpha value is -2.37. The zero-order chi connectivity index (χ0) is 18.0. The predicted molar refractivity (Wildman–Crippen MR) is 94.3 cm³/mol. The highest BCUT2D eigenvalue weighted by atomic mass is 16.4. The average Bonchev–Trinajstić information content (AvgIpc) is 3.05. The third-order valence-electron chi connectivity index (χ3n) is 4.80. The molecule has 1 saturated carbocycles. The van der Waals surface area contributed by atoms with Crippen LogP contribution in [0.3, 0.4) is 0 Å². The fourth-order valence-electron chi connectivity index (χ4n) is 3.67. The Morgan fingerprint density at radius 1 is 1.12 bits per heavy atom. The third kappa shape index (κ3) is 3.83. The van der Waals surface area contributed by atoms with Crippen molar-refractivity contribution in [1.82, 2.24) is 15.1 Å². The van der Waals surface area contributed by atoms with Crippen LogP contribution in [0.15, 0.2) is 34.7 Å². The Morgan fingerprint density at radius 2 is 1.76 bits per heavy atom. The van der Waals surface area contributed by atoms with Gasteiger partial charge in [0.1, 0.15) is 0 Å². The molecule has 1 aromatic heterocycles. The van der Waals surface area contributed by atoms with Crippen LogP contribution in [0, 0.1) is 0 Å². The average molecular weight is 343 g/mol. The van der Waals surface area contributed by atoms with Crippen LogP contribution in [0.2, 0.25) is 0 Å². The maximum absolute atomic E-state index is 11.6. The van der Waals surface area contributed by atoms with Gasteiger partial charge < -0.3 is 14.4 Å². The summed E-state index contributed by atoms with van der Waals surface area (Å²) >= 11 is 0. The topological polar surface area (TPSA) is 79.5 Å². The highest BCUT2D eigenvalue weighted by molar-refractivity contribution is 5.66. The maximum atomic E-state index is 11.6. The number of hydrogen-bond acceptors (Lipinski definition) is 4. The van der Waals surface area contributed by atoms with Crippen LogP contribution in [0.4, 0.5) is 4.79 Å². The third-order valence-corrected chi connectivity index (χ3v) is 4.80. The first-order valence-electron chi connectivity index (χ1n) is 8.77. The number of benzene rings is 1. The number of nitrogens with zero attached hydrogens (tertiary/aromatic N) is 3. The number of hydrogen-bond donors (Lipinski definition) is 1. The first-order valence-corrected chi connectivity index (χ1v) is 8.77. The normalized spacial score (nSPS) is 21.1. The molecule has 134 valence electrons. The van der Waals surface area contributed by atoms with E-state index in [1.54, 1.807) is 4.90 Å². The van der Waals surface area contributed by atoms with Gasteiger partial charge in [0.05, 0.1) is 0 Å². The maximum Gasteiger partial charge on any atom is 0.407 e. The van der Waals surface area contributed by atoms with E-state index in [1.807, 2.05) is 51.1 Å². The predicted octanol–water partition coefficient (Wildman–Crippen LogP) is 4.54. The van der Waals surface area contributed by atoms with Gasteiger partial charge in [-0.05, 0) is 58.6 Å². The van der Waals surface area contributed by atoms with E-state index in [2.05, 4.69) is 10.2 Å². The van der Waals surface area contributed by atoms with Crippen LogP contribution in [-0.2, 0) is 0 Å². The molecular weight excluding hydrogens is 318 g/mol. The zero-order valence-electron chi connectivity index (χ0n) is 15.0. The Morgan fingerprint density at radius 3 is 2.32 bits per heavy atom. The molecule has 25 heavy (non-hydrogen) atoms. The number of carboxylic acid groups (broad SMARTS) is 1. The Bertz CT molecular complexity index is 713. The van der Waals surface area contributed by atoms with Crippen LogP contribution in [-0.4, -0.2) is 37.9 Å². The second-order valence-corrected chi connectivity index (χ2v) is 7.64. The molecule has 0 radical (unpaired) electrons. The summed E-state index contributed by atoms with van der Waals surface area (Å²) in [5, 5.41) is 17.9. The van der Waals surface area contributed by atoms with E-state index in [1.165, 1.54) is 0 Å². The van der Waals surface area contributed by atoms with Crippen LogP contribution in [0.25, 0.3) is 11.5 Å². The van der Waals surface area contributed by atoms with Gasteiger partial charge in [-0.25, -0.2) is 4.79 Å². The smallest absolute Gasteiger partial charge is 0.407 e. The molecule has 0 atom stereocenters. The van der Waals surface area contributed by atoms with E-state index >= 15 is 0 Å². The van der Waals surface area contributed by atoms with Gasteiger partial charge in [0, 0.05) is 23.1 Å². The fraction of sp³-hybridized carbons (Fsp3) is 0.526. The van der Waals surface area contributed by atoms with Crippen molar-refractivity contribution in [2.24, 2.45) is 0 Å². The van der Waals surface area contributed by atoms with Gasteiger partial charge in [-0.2, -0.15) is 0 Å². The molecule has 0 bridgehead atoms. The van der Waals surface area contributed by atoms with Crippen LogP contribution >= 0.6 is 0 Å². The molecule has 1 fully saturated rings. The monoisotopic (exact) mass is 343 g/mol. The van der Waals surface area contributed by atoms with Crippen LogP contribution in [0.1, 0.15) is 58.3 Å². The molecule has 0 unspecified atom stereocenters. The molecule has 6 heteroatoms. The molecular formula is C19H25N3O3. The van der Waals surface area contributed by atoms with Gasteiger partial charge in [0.2, 0.25) is 11.8 Å². The minimum absolute atomic E-state index is 0.0465. The molecule has 2 aromatic rings. The minimum Gasteiger partial charge on any atom is -0.465 e. The number of aromatic nitrogens is 2. The Kier molecular flexibility index (Phi) is 4.79. The lowest BCUT2D eigenvalue weighted by Crippen LogP contribution is -2.52.